The minimum Gasteiger partial charge on any atom is -0.374 e. The topological polar surface area (TPSA) is 63.2 Å². The number of amides is 1. The highest BCUT2D eigenvalue weighted by Crippen LogP contribution is 2.17. The van der Waals surface area contributed by atoms with Gasteiger partial charge in [-0.3, -0.25) is 4.79 Å². The summed E-state index contributed by atoms with van der Waals surface area (Å²) in [5.74, 6) is 0.524. The number of nitrogens with one attached hydrogen (secondary N) is 2. The Morgan fingerprint density at radius 1 is 1.38 bits per heavy atom. The van der Waals surface area contributed by atoms with Crippen molar-refractivity contribution in [2.24, 2.45) is 0 Å². The van der Waals surface area contributed by atoms with Crippen LogP contribution in [0.1, 0.15) is 35.8 Å². The molecule has 5 nitrogen and oxygen atoms in total. The molecule has 0 aromatic carbocycles. The molecular weight excluding hydrogens is 280 g/mol. The van der Waals surface area contributed by atoms with E-state index in [4.69, 9.17) is 4.74 Å². The standard InChI is InChI=1S/C14H21F2N3O2/c1-9(2)11-6-10(7-13(17-3)19-11)14(20)18-4-5-21-8-12(15)16/h6-7,9,12H,4-5,8H2,1-3H3,(H,17,19)(H,18,20). The zero-order valence-corrected chi connectivity index (χ0v) is 12.5. The van der Waals surface area contributed by atoms with E-state index in [1.165, 1.54) is 0 Å². The van der Waals surface area contributed by atoms with E-state index >= 15 is 0 Å². The minimum absolute atomic E-state index is 0.0527. The molecule has 0 unspecified atom stereocenters. The van der Waals surface area contributed by atoms with Gasteiger partial charge in [-0.2, -0.15) is 0 Å². The van der Waals surface area contributed by atoms with Crippen molar-refractivity contribution < 1.29 is 18.3 Å². The highest BCUT2D eigenvalue weighted by molar-refractivity contribution is 5.95. The Labute approximate surface area is 123 Å². The number of anilines is 1. The van der Waals surface area contributed by atoms with Crippen LogP contribution in [0.25, 0.3) is 0 Å². The maximum atomic E-state index is 12.0. The molecule has 1 amide bonds. The molecule has 0 saturated carbocycles. The molecule has 1 aromatic rings. The number of halogens is 2. The first-order chi connectivity index (χ1) is 9.93. The van der Waals surface area contributed by atoms with Gasteiger partial charge in [0.15, 0.2) is 0 Å². The van der Waals surface area contributed by atoms with Gasteiger partial charge in [-0.15, -0.1) is 0 Å². The number of ether oxygens (including phenoxy) is 1. The number of pyridine rings is 1. The van der Waals surface area contributed by atoms with E-state index in [9.17, 15) is 13.6 Å². The van der Waals surface area contributed by atoms with E-state index in [0.717, 1.165) is 5.69 Å². The molecule has 21 heavy (non-hydrogen) atoms. The summed E-state index contributed by atoms with van der Waals surface area (Å²) >= 11 is 0. The fourth-order valence-corrected chi connectivity index (χ4v) is 1.62. The summed E-state index contributed by atoms with van der Waals surface area (Å²) in [5.41, 5.74) is 1.29. The molecule has 0 aliphatic rings. The van der Waals surface area contributed by atoms with Gasteiger partial charge < -0.3 is 15.4 Å². The highest BCUT2D eigenvalue weighted by atomic mass is 19.3. The normalized spacial score (nSPS) is 11.0. The van der Waals surface area contributed by atoms with Gasteiger partial charge >= 0.3 is 0 Å². The number of carbonyl (C=O) groups excluding carboxylic acids is 1. The molecule has 7 heteroatoms. The van der Waals surface area contributed by atoms with Crippen LogP contribution in [0.2, 0.25) is 0 Å². The summed E-state index contributed by atoms with van der Waals surface area (Å²) < 4.78 is 28.4. The number of alkyl halides is 2. The lowest BCUT2D eigenvalue weighted by atomic mass is 10.1. The van der Waals surface area contributed by atoms with Crippen molar-refractivity contribution in [3.63, 3.8) is 0 Å². The van der Waals surface area contributed by atoms with Crippen LogP contribution < -0.4 is 10.6 Å². The molecule has 0 spiro atoms. The third kappa shape index (κ3) is 6.03. The Kier molecular flexibility index (Phi) is 7.01. The lowest BCUT2D eigenvalue weighted by Gasteiger charge is -2.11. The molecule has 2 N–H and O–H groups in total. The van der Waals surface area contributed by atoms with Gasteiger partial charge in [-0.05, 0) is 18.1 Å². The first-order valence-corrected chi connectivity index (χ1v) is 6.78. The molecule has 0 saturated heterocycles. The van der Waals surface area contributed by atoms with E-state index in [1.807, 2.05) is 13.8 Å². The molecular formula is C14H21F2N3O2. The molecule has 1 rings (SSSR count). The van der Waals surface area contributed by atoms with Crippen molar-refractivity contribution in [1.29, 1.82) is 0 Å². The van der Waals surface area contributed by atoms with Gasteiger partial charge in [-0.1, -0.05) is 13.8 Å². The number of hydrogen-bond donors (Lipinski definition) is 2. The molecule has 0 atom stereocenters. The van der Waals surface area contributed by atoms with Crippen LogP contribution in [0.5, 0.6) is 0 Å². The van der Waals surface area contributed by atoms with Crippen molar-refractivity contribution in [2.75, 3.05) is 32.1 Å². The second-order valence-corrected chi connectivity index (χ2v) is 4.79. The molecule has 118 valence electrons. The second-order valence-electron chi connectivity index (χ2n) is 4.79. The Morgan fingerprint density at radius 2 is 2.10 bits per heavy atom. The van der Waals surface area contributed by atoms with Crippen molar-refractivity contribution in [3.05, 3.63) is 23.4 Å². The zero-order valence-electron chi connectivity index (χ0n) is 12.5. The number of hydrogen-bond acceptors (Lipinski definition) is 4. The smallest absolute Gasteiger partial charge is 0.261 e. The minimum atomic E-state index is -2.49. The Morgan fingerprint density at radius 3 is 2.67 bits per heavy atom. The molecule has 0 aliphatic carbocycles. The predicted molar refractivity (Wildman–Crippen MR) is 77.0 cm³/mol. The second kappa shape index (κ2) is 8.51. The highest BCUT2D eigenvalue weighted by Gasteiger charge is 2.11. The van der Waals surface area contributed by atoms with Crippen LogP contribution in [0.15, 0.2) is 12.1 Å². The predicted octanol–water partition coefficient (Wildman–Crippen LogP) is 2.26. The fourth-order valence-electron chi connectivity index (χ4n) is 1.62. The number of nitrogens with zero attached hydrogens (tertiary/aromatic N) is 1. The fraction of sp³-hybridized carbons (Fsp3) is 0.571. The van der Waals surface area contributed by atoms with Gasteiger partial charge in [-0.25, -0.2) is 13.8 Å². The summed E-state index contributed by atoms with van der Waals surface area (Å²) in [5, 5.41) is 5.53. The van der Waals surface area contributed by atoms with E-state index in [0.29, 0.717) is 11.4 Å². The van der Waals surface area contributed by atoms with Crippen molar-refractivity contribution >= 4 is 11.7 Å². The van der Waals surface area contributed by atoms with Gasteiger partial charge in [0, 0.05) is 24.8 Å². The van der Waals surface area contributed by atoms with Crippen LogP contribution in [-0.4, -0.2) is 44.1 Å². The molecule has 0 bridgehead atoms. The van der Waals surface area contributed by atoms with Crippen LogP contribution in [0.3, 0.4) is 0 Å². The number of rotatable bonds is 8. The van der Waals surface area contributed by atoms with Crippen LogP contribution in [-0.2, 0) is 4.74 Å². The number of aromatic nitrogens is 1. The molecule has 0 aliphatic heterocycles. The number of carbonyl (C=O) groups is 1. The van der Waals surface area contributed by atoms with E-state index in [-0.39, 0.29) is 25.0 Å². The zero-order chi connectivity index (χ0) is 15.8. The lowest BCUT2D eigenvalue weighted by molar-refractivity contribution is 0.0188. The largest absolute Gasteiger partial charge is 0.374 e. The average Bonchev–Trinajstić information content (AvgIpc) is 2.45. The average molecular weight is 301 g/mol. The molecule has 0 fully saturated rings. The van der Waals surface area contributed by atoms with Gasteiger partial charge in [0.05, 0.1) is 6.61 Å². The van der Waals surface area contributed by atoms with Gasteiger partial charge in [0.2, 0.25) is 0 Å². The van der Waals surface area contributed by atoms with E-state index in [2.05, 4.69) is 15.6 Å². The Balaban J connectivity index is 2.59. The maximum absolute atomic E-state index is 12.0. The molecule has 1 aromatic heterocycles. The van der Waals surface area contributed by atoms with Crippen molar-refractivity contribution in [2.45, 2.75) is 26.2 Å². The lowest BCUT2D eigenvalue weighted by Crippen LogP contribution is -2.28. The first kappa shape index (κ1) is 17.3. The quantitative estimate of drug-likeness (QED) is 0.723. The summed E-state index contributed by atoms with van der Waals surface area (Å²) in [7, 11) is 1.73. The maximum Gasteiger partial charge on any atom is 0.261 e. The van der Waals surface area contributed by atoms with E-state index in [1.54, 1.807) is 19.2 Å². The van der Waals surface area contributed by atoms with Crippen molar-refractivity contribution in [3.8, 4) is 0 Å². The van der Waals surface area contributed by atoms with Crippen LogP contribution in [0.4, 0.5) is 14.6 Å². The van der Waals surface area contributed by atoms with Crippen molar-refractivity contribution in [1.82, 2.24) is 10.3 Å². The summed E-state index contributed by atoms with van der Waals surface area (Å²) in [6, 6.07) is 3.36. The van der Waals surface area contributed by atoms with Gasteiger partial charge in [0.1, 0.15) is 12.4 Å². The first-order valence-electron chi connectivity index (χ1n) is 6.78. The Bertz CT molecular complexity index is 468. The summed E-state index contributed by atoms with van der Waals surface area (Å²) in [6.45, 7) is 3.59. The van der Waals surface area contributed by atoms with E-state index < -0.39 is 13.0 Å². The summed E-state index contributed by atoms with van der Waals surface area (Å²) in [6.07, 6.45) is -2.49. The van der Waals surface area contributed by atoms with Crippen LogP contribution >= 0.6 is 0 Å². The molecule has 1 heterocycles. The van der Waals surface area contributed by atoms with Crippen LogP contribution in [0, 0.1) is 0 Å². The molecule has 0 radical (unpaired) electrons. The third-order valence-electron chi connectivity index (χ3n) is 2.73. The SMILES string of the molecule is CNc1cc(C(=O)NCCOCC(F)F)cc(C(C)C)n1. The summed E-state index contributed by atoms with van der Waals surface area (Å²) in [4.78, 5) is 16.4. The van der Waals surface area contributed by atoms with Gasteiger partial charge in [0.25, 0.3) is 12.3 Å². The third-order valence-corrected chi connectivity index (χ3v) is 2.73. The monoisotopic (exact) mass is 301 g/mol. The Hall–Kier alpha value is -1.76.